The predicted molar refractivity (Wildman–Crippen MR) is 424 cm³/mol. The lowest BCUT2D eigenvalue weighted by Crippen LogP contribution is -2.61. The molecule has 18 N–H and O–H groups in total. The molecule has 39 heteroatoms. The number of fused-ring (bicyclic) bond motifs is 1. The van der Waals surface area contributed by atoms with Gasteiger partial charge in [-0.1, -0.05) is 83.1 Å². The molecule has 115 heavy (non-hydrogen) atoms. The number of likely N-dealkylation sites (tertiary alicyclic amines) is 1. The molecule has 12 amide bonds. The number of para-hydroxylation sites is 1. The van der Waals surface area contributed by atoms with Crippen LogP contribution in [0.3, 0.4) is 0 Å². The van der Waals surface area contributed by atoms with Crippen molar-refractivity contribution in [1.29, 1.82) is 0 Å². The second-order valence-electron chi connectivity index (χ2n) is 30.6. The van der Waals surface area contributed by atoms with Gasteiger partial charge in [-0.15, -0.1) is 11.8 Å². The van der Waals surface area contributed by atoms with Crippen LogP contribution in [0.25, 0.3) is 10.9 Å². The van der Waals surface area contributed by atoms with E-state index in [1.165, 1.54) is 43.0 Å². The third-order valence-electron chi connectivity index (χ3n) is 19.6. The average Bonchev–Trinajstić information content (AvgIpc) is 1.70. The molecule has 8 atom stereocenters. The summed E-state index contributed by atoms with van der Waals surface area (Å²) >= 11 is 1.27. The van der Waals surface area contributed by atoms with Gasteiger partial charge in [-0.3, -0.25) is 96.4 Å². The number of nitrogens with two attached hydrogens (primary N) is 2. The number of thioether (sulfide) groups is 1. The monoisotopic (exact) mass is 1630 g/mol. The quantitative estimate of drug-likeness (QED) is 0.0195. The van der Waals surface area contributed by atoms with Gasteiger partial charge in [-0.25, -0.2) is 4.98 Å². The van der Waals surface area contributed by atoms with Gasteiger partial charge in [0.2, 0.25) is 70.9 Å². The smallest absolute Gasteiger partial charge is 0.317 e. The summed E-state index contributed by atoms with van der Waals surface area (Å²) in [5.41, 5.74) is 12.5. The Hall–Kier alpha value is -10.6. The van der Waals surface area contributed by atoms with Crippen LogP contribution in [-0.4, -0.2) is 320 Å². The number of benzene rings is 2. The SMILES string of the molecule is CSCN(C(=O)[C@H](CC(C)C)NC(=O)[C@H](Cc1cnc[nH]1)NC(=O)CNC(=O)[C@@H](NC(=O)[C@H](C)NC(=O)[C@H](Cc1c[nH]c2ccccc12)NC(=O)[C@H](CCC(N)=O)NC(=O)[C@@H](Cc1ccccc1)NC(=O)CN1CCC(NC(=O)CN2CCN(CC(=O)O)CCN(CC(=O)O)CCN(CC(=O)O)CC2)CC1)C(C)(C)C)[C@@H](C)C(N)=O. The van der Waals surface area contributed by atoms with Gasteiger partial charge < -0.3 is 89.5 Å². The van der Waals surface area contributed by atoms with Gasteiger partial charge in [0.1, 0.15) is 48.3 Å². The molecule has 0 spiro atoms. The Bertz CT molecular complexity index is 3930. The van der Waals surface area contributed by atoms with Gasteiger partial charge in [-0.05, 0) is 74.3 Å². The molecule has 0 radical (unpaired) electrons. The molecule has 2 aromatic heterocycles. The van der Waals surface area contributed by atoms with Crippen LogP contribution in [0.5, 0.6) is 0 Å². The number of primary amides is 2. The lowest BCUT2D eigenvalue weighted by molar-refractivity contribution is -0.141. The van der Waals surface area contributed by atoms with E-state index in [9.17, 15) is 87.2 Å². The van der Waals surface area contributed by atoms with Crippen LogP contribution in [0.1, 0.15) is 97.4 Å². The lowest BCUT2D eigenvalue weighted by Gasteiger charge is -2.34. The van der Waals surface area contributed by atoms with E-state index in [1.807, 2.05) is 23.6 Å². The minimum absolute atomic E-state index is 0.0637. The molecule has 0 unspecified atom stereocenters. The maximum absolute atomic E-state index is 14.8. The molecule has 2 aliphatic heterocycles. The Morgan fingerprint density at radius 1 is 0.557 bits per heavy atom. The van der Waals surface area contributed by atoms with Gasteiger partial charge in [0.05, 0.1) is 51.5 Å². The number of aromatic amines is 2. The molecule has 4 aromatic rings. The molecule has 2 fully saturated rings. The summed E-state index contributed by atoms with van der Waals surface area (Å²) < 4.78 is 0. The molecular weight excluding hydrogens is 1510 g/mol. The molecule has 0 bridgehead atoms. The van der Waals surface area contributed by atoms with Crippen LogP contribution in [0.2, 0.25) is 0 Å². The number of rotatable bonds is 42. The standard InChI is InChI=1S/C76H114N20O18S/c1-46(2)32-59(75(114)96(45-115-8)48(4)68(78)107)89-73(112)58(35-52-37-79-44-82-52)85-61(98)38-81-74(113)67(76(5,6)7)90-69(108)47(3)83-71(110)57(34-50-36-80-54-17-13-12-16-53(50)54)88-70(109)55(18-19-60(77)97)87-72(111)56(33-49-14-10-9-11-15-49)86-63(100)40-91-22-20-51(21-23-91)84-62(99)39-92-24-26-93(41-64(101)102)28-30-95(43-66(105)106)31-29-94(27-25-92)42-65(103)104/h9-17,36-37,44,46-48,51,55-59,67,80H,18-35,38-43,45H2,1-8H3,(H2,77,97)(H2,78,107)(H,79,82)(H,81,113)(H,83,110)(H,84,99)(H,85,98)(H,86,100)(H,87,111)(H,88,109)(H,89,112)(H,90,108)(H,101,102)(H,103,104)(H,105,106)/t47-,48-,55-,56+,57-,58-,59-,67+/m0/s1. The minimum Gasteiger partial charge on any atom is -0.480 e. The fourth-order valence-electron chi connectivity index (χ4n) is 13.3. The van der Waals surface area contributed by atoms with Crippen LogP contribution in [0.15, 0.2) is 73.3 Å². The van der Waals surface area contributed by atoms with Gasteiger partial charge in [0.25, 0.3) is 0 Å². The summed E-state index contributed by atoms with van der Waals surface area (Å²) in [7, 11) is 0. The molecule has 632 valence electrons. The maximum Gasteiger partial charge on any atom is 0.317 e. The van der Waals surface area contributed by atoms with Crippen LogP contribution in [0, 0.1) is 11.3 Å². The lowest BCUT2D eigenvalue weighted by atomic mass is 9.86. The Morgan fingerprint density at radius 2 is 1.05 bits per heavy atom. The van der Waals surface area contributed by atoms with E-state index in [1.54, 1.807) is 103 Å². The van der Waals surface area contributed by atoms with Crippen molar-refractivity contribution in [2.75, 3.05) is 117 Å². The highest BCUT2D eigenvalue weighted by Crippen LogP contribution is 2.23. The molecule has 38 nitrogen and oxygen atoms in total. The number of hydrogen-bond donors (Lipinski definition) is 16. The van der Waals surface area contributed by atoms with Crippen LogP contribution < -0.4 is 59.3 Å². The zero-order valence-electron chi connectivity index (χ0n) is 66.5. The Morgan fingerprint density at radius 3 is 1.58 bits per heavy atom. The van der Waals surface area contributed by atoms with Crippen LogP contribution in [-0.2, 0) is 91.2 Å². The highest BCUT2D eigenvalue weighted by atomic mass is 32.2. The number of aromatic nitrogens is 3. The third-order valence-corrected chi connectivity index (χ3v) is 20.2. The number of piperidine rings is 1. The number of imidazole rings is 1. The van der Waals surface area contributed by atoms with Gasteiger partial charge in [0.15, 0.2) is 0 Å². The number of carboxylic acid groups (broad SMARTS) is 3. The van der Waals surface area contributed by atoms with E-state index >= 15 is 0 Å². The molecular formula is C76H114N20O18S. The predicted octanol–water partition coefficient (Wildman–Crippen LogP) is -3.11. The van der Waals surface area contributed by atoms with E-state index in [0.29, 0.717) is 53.7 Å². The Kier molecular flexibility index (Phi) is 37.4. The average molecular weight is 1630 g/mol. The highest BCUT2D eigenvalue weighted by Gasteiger charge is 2.39. The first-order chi connectivity index (χ1) is 54.4. The second-order valence-corrected chi connectivity index (χ2v) is 31.4. The number of aliphatic carboxylic acids is 3. The first kappa shape index (κ1) is 93.3. The van der Waals surface area contributed by atoms with Crippen LogP contribution >= 0.6 is 11.8 Å². The van der Waals surface area contributed by atoms with Gasteiger partial charge in [-0.2, -0.15) is 0 Å². The molecule has 6 rings (SSSR count). The first-order valence-corrected chi connectivity index (χ1v) is 39.7. The topological polar surface area (TPSA) is 541 Å². The summed E-state index contributed by atoms with van der Waals surface area (Å²) in [6, 6.07) is 4.90. The number of amides is 12. The molecule has 4 heterocycles. The van der Waals surface area contributed by atoms with E-state index in [0.717, 1.165) is 0 Å². The number of H-pyrrole nitrogens is 2. The van der Waals surface area contributed by atoms with Crippen molar-refractivity contribution >= 4 is 111 Å². The van der Waals surface area contributed by atoms with Gasteiger partial charge in [0, 0.05) is 126 Å². The Labute approximate surface area is 672 Å². The minimum atomic E-state index is -1.56. The fourth-order valence-corrected chi connectivity index (χ4v) is 13.9. The number of nitrogens with zero attached hydrogens (tertiary/aromatic N) is 7. The molecule has 2 aromatic carbocycles. The van der Waals surface area contributed by atoms with Crippen molar-refractivity contribution in [2.45, 2.75) is 154 Å². The maximum atomic E-state index is 14.8. The summed E-state index contributed by atoms with van der Waals surface area (Å²) in [5.74, 6) is -12.3. The fraction of sp³-hybridized carbons (Fsp3) is 0.579. The zero-order chi connectivity index (χ0) is 84.6. The largest absolute Gasteiger partial charge is 0.480 e. The summed E-state index contributed by atoms with van der Waals surface area (Å²) in [6.45, 7) is 12.0. The zero-order valence-corrected chi connectivity index (χ0v) is 67.4. The molecule has 0 saturated carbocycles. The number of carbonyl (C=O) groups excluding carboxylic acids is 12. The first-order valence-electron chi connectivity index (χ1n) is 38.3. The summed E-state index contributed by atoms with van der Waals surface area (Å²) in [5, 5.41) is 54.0. The van der Waals surface area contributed by atoms with Crippen molar-refractivity contribution in [3.05, 3.63) is 90.1 Å². The number of carbonyl (C=O) groups is 15. The molecule has 0 aliphatic carbocycles. The normalized spacial score (nSPS) is 16.7. The van der Waals surface area contributed by atoms with Crippen molar-refractivity contribution in [1.82, 2.24) is 92.2 Å². The summed E-state index contributed by atoms with van der Waals surface area (Å²) in [6.07, 6.45) is 6.02. The number of nitrogens with one attached hydrogen (secondary N) is 11. The molecule has 2 saturated heterocycles. The van der Waals surface area contributed by atoms with Gasteiger partial charge >= 0.3 is 17.9 Å². The van der Waals surface area contributed by atoms with E-state index < -0.39 is 150 Å². The van der Waals surface area contributed by atoms with Crippen molar-refractivity contribution in [3.63, 3.8) is 0 Å². The van der Waals surface area contributed by atoms with E-state index in [4.69, 9.17) is 11.5 Å². The third kappa shape index (κ3) is 32.3. The summed E-state index contributed by atoms with van der Waals surface area (Å²) in [4.78, 5) is 222. The highest BCUT2D eigenvalue weighted by molar-refractivity contribution is 7.98. The molecule has 2 aliphatic rings. The second kappa shape index (κ2) is 46.1. The Balaban J connectivity index is 1.11. The van der Waals surface area contributed by atoms with E-state index in [-0.39, 0.29) is 141 Å². The van der Waals surface area contributed by atoms with Crippen LogP contribution in [0.4, 0.5) is 0 Å². The number of carboxylic acids is 3. The number of hydrogen-bond acceptors (Lipinski definition) is 22. The van der Waals surface area contributed by atoms with E-state index in [2.05, 4.69) is 62.8 Å². The van der Waals surface area contributed by atoms with Crippen molar-refractivity contribution in [2.24, 2.45) is 22.8 Å². The van der Waals surface area contributed by atoms with Crippen molar-refractivity contribution < 1.29 is 87.2 Å². The van der Waals surface area contributed by atoms with Crippen molar-refractivity contribution in [3.8, 4) is 0 Å².